The van der Waals surface area contributed by atoms with Crippen molar-refractivity contribution in [3.8, 4) is 11.4 Å². The van der Waals surface area contributed by atoms with Crippen LogP contribution in [0.2, 0.25) is 0 Å². The van der Waals surface area contributed by atoms with Gasteiger partial charge in [-0.2, -0.15) is 0 Å². The summed E-state index contributed by atoms with van der Waals surface area (Å²) in [4.78, 5) is 30.8. The Morgan fingerprint density at radius 1 is 1.25 bits per heavy atom. The zero-order valence-corrected chi connectivity index (χ0v) is 20.8. The lowest BCUT2D eigenvalue weighted by molar-refractivity contribution is -0.172. The molecule has 10 heteroatoms. The van der Waals surface area contributed by atoms with Crippen LogP contribution >= 0.6 is 12.4 Å². The van der Waals surface area contributed by atoms with Gasteiger partial charge in [0.2, 0.25) is 0 Å². The number of cyclic esters (lactones) is 1. The van der Waals surface area contributed by atoms with Crippen LogP contribution in [0.5, 0.6) is 0 Å². The molecule has 0 radical (unpaired) electrons. The number of nitrogens with two attached hydrogens (primary N) is 1. The summed E-state index contributed by atoms with van der Waals surface area (Å²) in [5.74, 6) is -1.15. The van der Waals surface area contributed by atoms with Crippen LogP contribution in [-0.4, -0.2) is 32.3 Å². The molecule has 0 saturated heterocycles. The molecule has 2 atom stereocenters. The highest BCUT2D eigenvalue weighted by atomic mass is 35.5. The van der Waals surface area contributed by atoms with Crippen LogP contribution in [-0.2, 0) is 40.2 Å². The molecule has 1 unspecified atom stereocenters. The van der Waals surface area contributed by atoms with Gasteiger partial charge < -0.3 is 25.3 Å². The van der Waals surface area contributed by atoms with Gasteiger partial charge in [0.15, 0.2) is 5.60 Å². The predicted molar refractivity (Wildman–Crippen MR) is 132 cm³/mol. The summed E-state index contributed by atoms with van der Waals surface area (Å²) in [5.41, 5.74) is 8.52. The molecule has 190 valence electrons. The molecule has 2 aliphatic heterocycles. The molecule has 2 aromatic heterocycles. The zero-order valence-electron chi connectivity index (χ0n) is 20.0. The van der Waals surface area contributed by atoms with Crippen molar-refractivity contribution >= 4 is 29.3 Å². The van der Waals surface area contributed by atoms with Gasteiger partial charge in [-0.05, 0) is 55.4 Å². The van der Waals surface area contributed by atoms with E-state index in [0.29, 0.717) is 41.7 Å². The molecule has 1 aromatic carbocycles. The van der Waals surface area contributed by atoms with Crippen LogP contribution in [0.15, 0.2) is 16.9 Å². The second kappa shape index (κ2) is 8.08. The number of carbonyl (C=O) groups is 1. The van der Waals surface area contributed by atoms with Gasteiger partial charge in [0, 0.05) is 34.7 Å². The standard InChI is InChI=1S/C26H26FN3O5.ClH/c1-3-26(34)16-8-19-22-14(10-30(19)23(32)15(16)11-35-24(26)33)21-20-13(4-5-25(21,28)6-7-31)12(2)17(27)9-18(20)29-22;/h8-9,31,34H,3-7,10-11,28H2,1-2H3;1H/t25?,26-;/m0./s1. The van der Waals surface area contributed by atoms with Crippen molar-refractivity contribution in [3.05, 3.63) is 61.7 Å². The van der Waals surface area contributed by atoms with E-state index in [1.165, 1.54) is 6.07 Å². The average Bonchev–Trinajstić information content (AvgIpc) is 3.19. The molecule has 6 rings (SSSR count). The summed E-state index contributed by atoms with van der Waals surface area (Å²) in [5, 5.41) is 21.7. The van der Waals surface area contributed by atoms with Crippen LogP contribution < -0.4 is 11.3 Å². The maximum atomic E-state index is 14.9. The van der Waals surface area contributed by atoms with E-state index in [-0.39, 0.29) is 61.1 Å². The molecular weight excluding hydrogens is 489 g/mol. The molecule has 1 aliphatic carbocycles. The van der Waals surface area contributed by atoms with Crippen molar-refractivity contribution in [3.63, 3.8) is 0 Å². The summed E-state index contributed by atoms with van der Waals surface area (Å²) in [7, 11) is 0. The second-order valence-electron chi connectivity index (χ2n) is 9.90. The number of hydrogen-bond acceptors (Lipinski definition) is 7. The summed E-state index contributed by atoms with van der Waals surface area (Å²) in [6.07, 6.45) is 1.44. The van der Waals surface area contributed by atoms with E-state index in [9.17, 15) is 24.2 Å². The Labute approximate surface area is 212 Å². The highest BCUT2D eigenvalue weighted by molar-refractivity contribution is 5.93. The third kappa shape index (κ3) is 3.00. The molecular formula is C26H27ClFN3O5. The van der Waals surface area contributed by atoms with Gasteiger partial charge in [0.05, 0.1) is 29.0 Å². The number of nitrogens with zero attached hydrogens (tertiary/aromatic N) is 2. The molecule has 3 aliphatic rings. The molecule has 8 nitrogen and oxygen atoms in total. The van der Waals surface area contributed by atoms with Crippen LogP contribution in [0, 0.1) is 12.7 Å². The fourth-order valence-corrected chi connectivity index (χ4v) is 6.17. The number of aliphatic hydroxyl groups excluding tert-OH is 1. The Bertz CT molecular complexity index is 1540. The van der Waals surface area contributed by atoms with Crippen molar-refractivity contribution in [1.82, 2.24) is 9.55 Å². The van der Waals surface area contributed by atoms with Crippen LogP contribution in [0.3, 0.4) is 0 Å². The lowest BCUT2D eigenvalue weighted by Gasteiger charge is -2.37. The van der Waals surface area contributed by atoms with Crippen molar-refractivity contribution in [2.45, 2.75) is 63.8 Å². The fourth-order valence-electron chi connectivity index (χ4n) is 6.17. The third-order valence-electron chi connectivity index (χ3n) is 8.18. The molecule has 0 fully saturated rings. The van der Waals surface area contributed by atoms with E-state index < -0.39 is 17.1 Å². The Hall–Kier alpha value is -2.85. The number of rotatable bonds is 3. The SMILES string of the molecule is CC[C@@]1(O)C(=O)OCc2c1cc1n(c2=O)Cc2c-1nc1cc(F)c(C)c3c1c2C(N)(CCO)CC3.Cl. The van der Waals surface area contributed by atoms with E-state index in [1.54, 1.807) is 24.5 Å². The van der Waals surface area contributed by atoms with Gasteiger partial charge >= 0.3 is 5.97 Å². The molecule has 0 amide bonds. The summed E-state index contributed by atoms with van der Waals surface area (Å²) < 4.78 is 21.6. The number of carbonyl (C=O) groups excluding carboxylic acids is 1. The van der Waals surface area contributed by atoms with Crippen molar-refractivity contribution in [1.29, 1.82) is 0 Å². The minimum atomic E-state index is -1.93. The number of esters is 1. The number of halogens is 2. The zero-order chi connectivity index (χ0) is 24.9. The van der Waals surface area contributed by atoms with Crippen molar-refractivity contribution < 1.29 is 24.1 Å². The minimum Gasteiger partial charge on any atom is -0.458 e. The minimum absolute atomic E-state index is 0. The molecule has 4 heterocycles. The second-order valence-corrected chi connectivity index (χ2v) is 9.90. The lowest BCUT2D eigenvalue weighted by Crippen LogP contribution is -2.44. The van der Waals surface area contributed by atoms with Crippen LogP contribution in [0.1, 0.15) is 59.6 Å². The number of benzene rings is 1. The molecule has 4 N–H and O–H groups in total. The first-order valence-electron chi connectivity index (χ1n) is 11.9. The number of aliphatic hydroxyl groups is 2. The normalized spacial score (nSPS) is 23.6. The molecule has 36 heavy (non-hydrogen) atoms. The summed E-state index contributed by atoms with van der Waals surface area (Å²) in [6.45, 7) is 3.26. The topological polar surface area (TPSA) is 128 Å². The lowest BCUT2D eigenvalue weighted by atomic mass is 9.72. The van der Waals surface area contributed by atoms with Crippen molar-refractivity contribution in [2.24, 2.45) is 5.73 Å². The Morgan fingerprint density at radius 2 is 2.00 bits per heavy atom. The summed E-state index contributed by atoms with van der Waals surface area (Å²) in [6, 6.07) is 3.03. The molecule has 0 saturated carbocycles. The monoisotopic (exact) mass is 515 g/mol. The van der Waals surface area contributed by atoms with E-state index in [1.807, 2.05) is 0 Å². The maximum Gasteiger partial charge on any atom is 0.343 e. The van der Waals surface area contributed by atoms with E-state index in [4.69, 9.17) is 15.5 Å². The Kier molecular flexibility index (Phi) is 5.57. The van der Waals surface area contributed by atoms with Crippen LogP contribution in [0.25, 0.3) is 22.3 Å². The van der Waals surface area contributed by atoms with E-state index in [2.05, 4.69) is 0 Å². The first-order chi connectivity index (χ1) is 16.6. The average molecular weight is 516 g/mol. The van der Waals surface area contributed by atoms with Gasteiger partial charge in [-0.3, -0.25) is 4.79 Å². The first-order valence-corrected chi connectivity index (χ1v) is 11.9. The molecule has 3 aromatic rings. The smallest absolute Gasteiger partial charge is 0.343 e. The quantitative estimate of drug-likeness (QED) is 0.357. The van der Waals surface area contributed by atoms with Gasteiger partial charge in [0.25, 0.3) is 5.56 Å². The van der Waals surface area contributed by atoms with Gasteiger partial charge in [0.1, 0.15) is 12.4 Å². The predicted octanol–water partition coefficient (Wildman–Crippen LogP) is 2.43. The first kappa shape index (κ1) is 24.8. The number of ether oxygens (including phenoxy) is 1. The number of fused-ring (bicyclic) bond motifs is 5. The highest BCUT2D eigenvalue weighted by Gasteiger charge is 2.46. The van der Waals surface area contributed by atoms with E-state index >= 15 is 0 Å². The third-order valence-corrected chi connectivity index (χ3v) is 8.18. The largest absolute Gasteiger partial charge is 0.458 e. The molecule has 0 spiro atoms. The van der Waals surface area contributed by atoms with Gasteiger partial charge in [-0.1, -0.05) is 6.92 Å². The van der Waals surface area contributed by atoms with Gasteiger partial charge in [-0.25, -0.2) is 14.2 Å². The Balaban J connectivity index is 0.00000267. The van der Waals surface area contributed by atoms with E-state index in [0.717, 1.165) is 22.1 Å². The maximum absolute atomic E-state index is 14.9. The fraction of sp³-hybridized carbons (Fsp3) is 0.423. The van der Waals surface area contributed by atoms with Crippen LogP contribution in [0.4, 0.5) is 4.39 Å². The Morgan fingerprint density at radius 3 is 2.69 bits per heavy atom. The number of aromatic nitrogens is 2. The highest BCUT2D eigenvalue weighted by Crippen LogP contribution is 2.48. The van der Waals surface area contributed by atoms with Gasteiger partial charge in [-0.15, -0.1) is 12.4 Å². The van der Waals surface area contributed by atoms with Crippen molar-refractivity contribution in [2.75, 3.05) is 6.61 Å². The molecule has 0 bridgehead atoms. The number of pyridine rings is 2. The number of aryl methyl sites for hydroxylation is 1. The summed E-state index contributed by atoms with van der Waals surface area (Å²) >= 11 is 0. The number of hydrogen-bond donors (Lipinski definition) is 3.